The normalized spacial score (nSPS) is 8.10. The van der Waals surface area contributed by atoms with E-state index >= 15 is 0 Å². The van der Waals surface area contributed by atoms with Crippen LogP contribution in [0.2, 0.25) is 0 Å². The van der Waals surface area contributed by atoms with Crippen molar-refractivity contribution in [1.82, 2.24) is 4.98 Å². The van der Waals surface area contributed by atoms with Gasteiger partial charge in [0.2, 0.25) is 0 Å². The van der Waals surface area contributed by atoms with E-state index in [2.05, 4.69) is 21.5 Å². The Labute approximate surface area is 69.0 Å². The molecule has 0 aliphatic rings. The molecule has 0 spiro atoms. The van der Waals surface area contributed by atoms with Crippen LogP contribution in [0.25, 0.3) is 0 Å². The van der Waals surface area contributed by atoms with Crippen LogP contribution in [-0.4, -0.2) is 4.98 Å². The monoisotopic (exact) mass is 189 g/mol. The van der Waals surface area contributed by atoms with E-state index in [4.69, 9.17) is 3.55 Å². The predicted octanol–water partition coefficient (Wildman–Crippen LogP) is 2.12. The van der Waals surface area contributed by atoms with E-state index in [1.54, 1.807) is 0 Å². The number of nitrogens with zero attached hydrogens (tertiary/aromatic N) is 1. The molecular formula is C7H9CuFN. The molecule has 0 fully saturated rings. The zero-order valence-corrected chi connectivity index (χ0v) is 6.80. The van der Waals surface area contributed by atoms with E-state index in [1.165, 1.54) is 0 Å². The van der Waals surface area contributed by atoms with Crippen LogP contribution in [0.4, 0.5) is 3.55 Å². The van der Waals surface area contributed by atoms with Gasteiger partial charge in [0.05, 0.1) is 0 Å². The standard InChI is InChI=1S/C7H9N.Cu.FH/c1-6-4-3-5-7(2)8-6;;/h3-5H,1-2H3;;1H/q;+1;/p-1. The topological polar surface area (TPSA) is 12.9 Å². The van der Waals surface area contributed by atoms with Crippen LogP contribution in [0.5, 0.6) is 0 Å². The second-order valence-electron chi connectivity index (χ2n) is 1.92. The van der Waals surface area contributed by atoms with E-state index in [9.17, 15) is 0 Å². The first-order valence-corrected chi connectivity index (χ1v) is 3.16. The Bertz CT molecular complexity index is 173. The van der Waals surface area contributed by atoms with Gasteiger partial charge >= 0.3 is 20.0 Å². The van der Waals surface area contributed by atoms with Crippen LogP contribution >= 0.6 is 0 Å². The fourth-order valence-electron chi connectivity index (χ4n) is 0.679. The molecule has 0 saturated carbocycles. The van der Waals surface area contributed by atoms with Gasteiger partial charge in [-0.1, -0.05) is 6.07 Å². The molecule has 10 heavy (non-hydrogen) atoms. The molecule has 0 aliphatic carbocycles. The van der Waals surface area contributed by atoms with Gasteiger partial charge in [0.25, 0.3) is 0 Å². The molecule has 1 heterocycles. The van der Waals surface area contributed by atoms with Crippen molar-refractivity contribution in [1.29, 1.82) is 0 Å². The molecular weight excluding hydrogens is 181 g/mol. The third-order valence-electron chi connectivity index (χ3n) is 1.03. The molecule has 0 aromatic carbocycles. The van der Waals surface area contributed by atoms with Crippen molar-refractivity contribution in [3.05, 3.63) is 29.6 Å². The van der Waals surface area contributed by atoms with Crippen molar-refractivity contribution in [2.45, 2.75) is 13.8 Å². The molecule has 0 amide bonds. The summed E-state index contributed by atoms with van der Waals surface area (Å²) in [4.78, 5) is 4.17. The summed E-state index contributed by atoms with van der Waals surface area (Å²) in [6.07, 6.45) is 0. The summed E-state index contributed by atoms with van der Waals surface area (Å²) in [5.41, 5.74) is 2.18. The summed E-state index contributed by atoms with van der Waals surface area (Å²) >= 11 is 2.69. The molecule has 0 N–H and O–H groups in total. The minimum atomic E-state index is 1.09. The zero-order valence-electron chi connectivity index (χ0n) is 5.86. The molecule has 3 heteroatoms. The molecule has 60 valence electrons. The van der Waals surface area contributed by atoms with E-state index in [0.29, 0.717) is 0 Å². The molecule has 1 rings (SSSR count). The quantitative estimate of drug-likeness (QED) is 0.570. The summed E-state index contributed by atoms with van der Waals surface area (Å²) in [6, 6.07) is 6.00. The second-order valence-corrected chi connectivity index (χ2v) is 1.92. The number of pyridine rings is 1. The number of aromatic nitrogens is 1. The van der Waals surface area contributed by atoms with Gasteiger partial charge in [0, 0.05) is 11.4 Å². The number of rotatable bonds is 0. The summed E-state index contributed by atoms with van der Waals surface area (Å²) in [6.45, 7) is 3.99. The Kier molecular flexibility index (Phi) is 5.17. The SMILES string of the molecule is Cc1cccc(C)n1.[F][Cu]. The average molecular weight is 190 g/mol. The summed E-state index contributed by atoms with van der Waals surface area (Å²) in [5, 5.41) is 0. The van der Waals surface area contributed by atoms with E-state index in [0.717, 1.165) is 11.4 Å². The first kappa shape index (κ1) is 9.60. The van der Waals surface area contributed by atoms with Crippen molar-refractivity contribution in [3.8, 4) is 0 Å². The van der Waals surface area contributed by atoms with Gasteiger partial charge < -0.3 is 0 Å². The first-order chi connectivity index (χ1) is 4.79. The van der Waals surface area contributed by atoms with E-state index < -0.39 is 0 Å². The van der Waals surface area contributed by atoms with Gasteiger partial charge in [0.1, 0.15) is 0 Å². The Balaban J connectivity index is 0.000000371. The van der Waals surface area contributed by atoms with E-state index in [1.807, 2.05) is 32.0 Å². The Morgan fingerprint density at radius 1 is 1.20 bits per heavy atom. The summed E-state index contributed by atoms with van der Waals surface area (Å²) < 4.78 is 9.06. The minimum absolute atomic E-state index is 1.09. The Hall–Kier alpha value is -0.401. The Morgan fingerprint density at radius 2 is 1.60 bits per heavy atom. The van der Waals surface area contributed by atoms with Gasteiger partial charge in [-0.3, -0.25) is 4.98 Å². The summed E-state index contributed by atoms with van der Waals surface area (Å²) in [7, 11) is 0. The van der Waals surface area contributed by atoms with Gasteiger partial charge in [-0.25, -0.2) is 0 Å². The van der Waals surface area contributed by atoms with E-state index in [-0.39, 0.29) is 0 Å². The number of hydrogen-bond donors (Lipinski definition) is 0. The van der Waals surface area contributed by atoms with Crippen molar-refractivity contribution in [3.63, 3.8) is 0 Å². The number of hydrogen-bond acceptors (Lipinski definition) is 1. The fraction of sp³-hybridized carbons (Fsp3) is 0.286. The van der Waals surface area contributed by atoms with Gasteiger partial charge in [-0.2, -0.15) is 0 Å². The molecule has 1 aromatic heterocycles. The van der Waals surface area contributed by atoms with Crippen LogP contribution in [0.15, 0.2) is 18.2 Å². The fourth-order valence-corrected chi connectivity index (χ4v) is 0.679. The molecule has 1 aromatic rings. The number of halogens is 1. The molecule has 0 saturated heterocycles. The maximum atomic E-state index is 9.06. The third kappa shape index (κ3) is 3.59. The van der Waals surface area contributed by atoms with Crippen LogP contribution in [0.1, 0.15) is 11.4 Å². The molecule has 0 radical (unpaired) electrons. The zero-order chi connectivity index (χ0) is 7.98. The molecule has 0 atom stereocenters. The van der Waals surface area contributed by atoms with Gasteiger partial charge in [0.15, 0.2) is 0 Å². The van der Waals surface area contributed by atoms with Crippen LogP contribution in [0.3, 0.4) is 0 Å². The van der Waals surface area contributed by atoms with Crippen molar-refractivity contribution in [2.24, 2.45) is 0 Å². The second kappa shape index (κ2) is 5.39. The van der Waals surface area contributed by atoms with Gasteiger partial charge in [-0.05, 0) is 26.0 Å². The Morgan fingerprint density at radius 3 is 1.80 bits per heavy atom. The first-order valence-electron chi connectivity index (χ1n) is 2.81. The number of aryl methyl sites for hydroxylation is 2. The summed E-state index contributed by atoms with van der Waals surface area (Å²) in [5.74, 6) is 0. The predicted molar refractivity (Wildman–Crippen MR) is 34.8 cm³/mol. The van der Waals surface area contributed by atoms with Crippen LogP contribution in [-0.2, 0) is 16.5 Å². The van der Waals surface area contributed by atoms with Crippen molar-refractivity contribution >= 4 is 0 Å². The third-order valence-corrected chi connectivity index (χ3v) is 1.03. The molecule has 1 nitrogen and oxygen atoms in total. The van der Waals surface area contributed by atoms with Crippen LogP contribution < -0.4 is 0 Å². The molecule has 0 bridgehead atoms. The molecule has 0 unspecified atom stereocenters. The molecule has 0 aliphatic heterocycles. The van der Waals surface area contributed by atoms with Gasteiger partial charge in [-0.15, -0.1) is 0 Å². The van der Waals surface area contributed by atoms with Crippen molar-refractivity contribution < 1.29 is 20.0 Å². The maximum absolute atomic E-state index is 9.06. The van der Waals surface area contributed by atoms with Crippen LogP contribution in [0, 0.1) is 13.8 Å². The average Bonchev–Trinajstić information content (AvgIpc) is 1.91. The van der Waals surface area contributed by atoms with Crippen molar-refractivity contribution in [2.75, 3.05) is 0 Å².